The molecule has 1 atom stereocenters. The highest BCUT2D eigenvalue weighted by atomic mass is 16.4. The van der Waals surface area contributed by atoms with Crippen LogP contribution in [-0.4, -0.2) is 27.1 Å². The van der Waals surface area contributed by atoms with Gasteiger partial charge in [-0.1, -0.05) is 42.5 Å². The van der Waals surface area contributed by atoms with Crippen molar-refractivity contribution < 1.29 is 9.21 Å². The Kier molecular flexibility index (Phi) is 4.05. The van der Waals surface area contributed by atoms with Crippen molar-refractivity contribution in [2.24, 2.45) is 7.05 Å². The van der Waals surface area contributed by atoms with Gasteiger partial charge in [-0.25, -0.2) is 4.79 Å². The van der Waals surface area contributed by atoms with Crippen LogP contribution in [0.1, 0.15) is 33.0 Å². The molecule has 1 aliphatic rings. The molecule has 0 saturated carbocycles. The number of benzene rings is 2. The zero-order valence-electron chi connectivity index (χ0n) is 15.9. The SMILES string of the molecule is Cn1cc(C2CN(C(=O)c3cc4ccccc4oc3=O)Cc3ccccc32)cn1. The minimum absolute atomic E-state index is 0.00472. The molecule has 0 bridgehead atoms. The maximum atomic E-state index is 13.3. The van der Waals surface area contributed by atoms with Crippen LogP contribution in [0, 0.1) is 0 Å². The van der Waals surface area contributed by atoms with Crippen LogP contribution in [0.4, 0.5) is 0 Å². The molecule has 0 N–H and O–H groups in total. The largest absolute Gasteiger partial charge is 0.422 e. The minimum atomic E-state index is -0.606. The summed E-state index contributed by atoms with van der Waals surface area (Å²) < 4.78 is 7.13. The van der Waals surface area contributed by atoms with Crippen molar-refractivity contribution in [3.8, 4) is 0 Å². The number of carbonyl (C=O) groups is 1. The summed E-state index contributed by atoms with van der Waals surface area (Å²) in [5, 5.41) is 5.02. The van der Waals surface area contributed by atoms with Crippen LogP contribution in [0.15, 0.2) is 76.2 Å². The van der Waals surface area contributed by atoms with Crippen molar-refractivity contribution >= 4 is 16.9 Å². The monoisotopic (exact) mass is 385 g/mol. The molecule has 4 aromatic rings. The predicted octanol–water partition coefficient (Wildman–Crippen LogP) is 3.31. The van der Waals surface area contributed by atoms with Crippen molar-refractivity contribution in [3.05, 3.63) is 99.7 Å². The molecule has 1 unspecified atom stereocenters. The van der Waals surface area contributed by atoms with E-state index in [4.69, 9.17) is 4.42 Å². The second-order valence-corrected chi connectivity index (χ2v) is 7.37. The van der Waals surface area contributed by atoms with Crippen LogP contribution < -0.4 is 5.63 Å². The van der Waals surface area contributed by atoms with Gasteiger partial charge in [0.25, 0.3) is 5.91 Å². The second kappa shape index (κ2) is 6.74. The fraction of sp³-hybridized carbons (Fsp3) is 0.174. The summed E-state index contributed by atoms with van der Waals surface area (Å²) in [5.41, 5.74) is 3.24. The summed E-state index contributed by atoms with van der Waals surface area (Å²) >= 11 is 0. The lowest BCUT2D eigenvalue weighted by Gasteiger charge is -2.34. The molecule has 0 fully saturated rings. The molecule has 29 heavy (non-hydrogen) atoms. The highest BCUT2D eigenvalue weighted by Gasteiger charge is 2.31. The van der Waals surface area contributed by atoms with E-state index in [1.54, 1.807) is 27.8 Å². The van der Waals surface area contributed by atoms with Gasteiger partial charge in [0.1, 0.15) is 11.1 Å². The Morgan fingerprint density at radius 2 is 1.93 bits per heavy atom. The van der Waals surface area contributed by atoms with Crippen LogP contribution in [0.3, 0.4) is 0 Å². The van der Waals surface area contributed by atoms with Crippen LogP contribution in [0.5, 0.6) is 0 Å². The van der Waals surface area contributed by atoms with Gasteiger partial charge in [-0.2, -0.15) is 5.10 Å². The van der Waals surface area contributed by atoms with Gasteiger partial charge in [-0.3, -0.25) is 9.48 Å². The average Bonchev–Trinajstić information content (AvgIpc) is 3.18. The first kappa shape index (κ1) is 17.4. The molecule has 0 aliphatic carbocycles. The summed E-state index contributed by atoms with van der Waals surface area (Å²) in [6, 6.07) is 16.9. The molecule has 2 aromatic heterocycles. The Morgan fingerprint density at radius 1 is 1.14 bits per heavy atom. The van der Waals surface area contributed by atoms with Crippen LogP contribution >= 0.6 is 0 Å². The maximum absolute atomic E-state index is 13.3. The number of aryl methyl sites for hydroxylation is 1. The third-order valence-corrected chi connectivity index (χ3v) is 5.48. The minimum Gasteiger partial charge on any atom is -0.422 e. The topological polar surface area (TPSA) is 68.3 Å². The standard InChI is InChI=1S/C23H19N3O3/c1-25-12-17(11-24-25)20-14-26(13-16-7-2-4-8-18(16)20)22(27)19-10-15-6-3-5-9-21(15)29-23(19)28/h2-12,20H,13-14H2,1H3. The van der Waals surface area contributed by atoms with E-state index >= 15 is 0 Å². The molecule has 0 spiro atoms. The molecular formula is C23H19N3O3. The van der Waals surface area contributed by atoms with Gasteiger partial charge in [0.2, 0.25) is 0 Å². The number of hydrogen-bond donors (Lipinski definition) is 0. The number of hydrogen-bond acceptors (Lipinski definition) is 4. The van der Waals surface area contributed by atoms with E-state index in [9.17, 15) is 9.59 Å². The normalized spacial score (nSPS) is 16.0. The Morgan fingerprint density at radius 3 is 2.76 bits per heavy atom. The molecule has 3 heterocycles. The molecule has 1 amide bonds. The van der Waals surface area contributed by atoms with Gasteiger partial charge < -0.3 is 9.32 Å². The van der Waals surface area contributed by atoms with Crippen LogP contribution in [0.2, 0.25) is 0 Å². The van der Waals surface area contributed by atoms with Crippen molar-refractivity contribution in [2.75, 3.05) is 6.54 Å². The molecule has 6 nitrogen and oxygen atoms in total. The van der Waals surface area contributed by atoms with Gasteiger partial charge in [-0.15, -0.1) is 0 Å². The number of carbonyl (C=O) groups excluding carboxylic acids is 1. The van der Waals surface area contributed by atoms with E-state index in [0.29, 0.717) is 18.7 Å². The average molecular weight is 385 g/mol. The number of rotatable bonds is 2. The Balaban J connectivity index is 1.56. The summed E-state index contributed by atoms with van der Waals surface area (Å²) in [6.45, 7) is 0.936. The summed E-state index contributed by atoms with van der Waals surface area (Å²) in [4.78, 5) is 27.5. The van der Waals surface area contributed by atoms with Crippen molar-refractivity contribution in [1.82, 2.24) is 14.7 Å². The molecule has 2 aromatic carbocycles. The maximum Gasteiger partial charge on any atom is 0.349 e. The lowest BCUT2D eigenvalue weighted by Crippen LogP contribution is -2.40. The highest BCUT2D eigenvalue weighted by molar-refractivity contribution is 5.96. The van der Waals surface area contributed by atoms with Crippen molar-refractivity contribution in [1.29, 1.82) is 0 Å². The van der Waals surface area contributed by atoms with Crippen LogP contribution in [0.25, 0.3) is 11.0 Å². The first-order valence-electron chi connectivity index (χ1n) is 9.48. The smallest absolute Gasteiger partial charge is 0.349 e. The van der Waals surface area contributed by atoms with Gasteiger partial charge in [0.05, 0.1) is 6.20 Å². The number of para-hydroxylation sites is 1. The molecule has 1 aliphatic heterocycles. The number of fused-ring (bicyclic) bond motifs is 2. The molecule has 0 saturated heterocycles. The summed E-state index contributed by atoms with van der Waals surface area (Å²) in [5.74, 6) is -0.307. The van der Waals surface area contributed by atoms with E-state index in [2.05, 4.69) is 11.2 Å². The quantitative estimate of drug-likeness (QED) is 0.497. The molecule has 144 valence electrons. The first-order valence-corrected chi connectivity index (χ1v) is 9.48. The van der Waals surface area contributed by atoms with Gasteiger partial charge >= 0.3 is 5.63 Å². The van der Waals surface area contributed by atoms with Crippen molar-refractivity contribution in [2.45, 2.75) is 12.5 Å². The molecule has 5 rings (SSSR count). The second-order valence-electron chi connectivity index (χ2n) is 7.37. The third-order valence-electron chi connectivity index (χ3n) is 5.48. The van der Waals surface area contributed by atoms with E-state index < -0.39 is 5.63 Å². The third kappa shape index (κ3) is 3.02. The van der Waals surface area contributed by atoms with E-state index in [0.717, 1.165) is 16.5 Å². The van der Waals surface area contributed by atoms with Gasteiger partial charge in [-0.05, 0) is 28.8 Å². The van der Waals surface area contributed by atoms with Crippen LogP contribution in [-0.2, 0) is 13.6 Å². The summed E-state index contributed by atoms with van der Waals surface area (Å²) in [7, 11) is 1.88. The molecular weight excluding hydrogens is 366 g/mol. The highest BCUT2D eigenvalue weighted by Crippen LogP contribution is 2.33. The predicted molar refractivity (Wildman–Crippen MR) is 109 cm³/mol. The first-order chi connectivity index (χ1) is 14.1. The number of aromatic nitrogens is 2. The summed E-state index contributed by atoms with van der Waals surface area (Å²) in [6.07, 6.45) is 3.81. The fourth-order valence-corrected chi connectivity index (χ4v) is 4.05. The lowest BCUT2D eigenvalue weighted by molar-refractivity contribution is 0.0721. The Hall–Kier alpha value is -3.67. The zero-order chi connectivity index (χ0) is 20.0. The van der Waals surface area contributed by atoms with Crippen molar-refractivity contribution in [3.63, 3.8) is 0 Å². The van der Waals surface area contributed by atoms with E-state index in [1.165, 1.54) is 5.56 Å². The van der Waals surface area contributed by atoms with E-state index in [-0.39, 0.29) is 17.4 Å². The fourth-order valence-electron chi connectivity index (χ4n) is 4.05. The Labute approximate surface area is 167 Å². The van der Waals surface area contributed by atoms with Gasteiger partial charge in [0.15, 0.2) is 0 Å². The number of amides is 1. The molecule has 6 heteroatoms. The lowest BCUT2D eigenvalue weighted by atomic mass is 9.86. The zero-order valence-corrected chi connectivity index (χ0v) is 15.9. The number of nitrogens with zero attached hydrogens (tertiary/aromatic N) is 3. The van der Waals surface area contributed by atoms with E-state index in [1.807, 2.05) is 49.8 Å². The van der Waals surface area contributed by atoms with Gasteiger partial charge in [0, 0.05) is 37.6 Å². The molecule has 0 radical (unpaired) electrons. The Bertz CT molecular complexity index is 1290.